The van der Waals surface area contributed by atoms with Crippen molar-refractivity contribution in [1.82, 2.24) is 0 Å². The largest absolute Gasteiger partial charge is 0.393 e. The Kier molecular flexibility index (Phi) is 18.5. The van der Waals surface area contributed by atoms with Crippen molar-refractivity contribution >= 4 is 0 Å². The van der Waals surface area contributed by atoms with Gasteiger partial charge in [0.05, 0.1) is 6.10 Å². The van der Waals surface area contributed by atoms with E-state index in [2.05, 4.69) is 13.5 Å². The van der Waals surface area contributed by atoms with E-state index in [0.717, 1.165) is 19.3 Å². The molecule has 0 aromatic rings. The number of rotatable bonds is 18. The Labute approximate surface area is 140 Å². The van der Waals surface area contributed by atoms with Gasteiger partial charge in [-0.2, -0.15) is 0 Å². The van der Waals surface area contributed by atoms with Crippen LogP contribution in [0.5, 0.6) is 0 Å². The molecular formula is C21H42O. The molecular weight excluding hydrogens is 268 g/mol. The van der Waals surface area contributed by atoms with Crippen LogP contribution in [-0.2, 0) is 0 Å². The second-order valence-electron chi connectivity index (χ2n) is 6.90. The lowest BCUT2D eigenvalue weighted by atomic mass is 10.0. The first-order valence-electron chi connectivity index (χ1n) is 10.1. The molecule has 0 aliphatic rings. The van der Waals surface area contributed by atoms with E-state index in [1.54, 1.807) is 0 Å². The smallest absolute Gasteiger partial charge is 0.0540 e. The summed E-state index contributed by atoms with van der Waals surface area (Å²) in [7, 11) is 0. The van der Waals surface area contributed by atoms with E-state index in [1.807, 2.05) is 6.08 Å². The van der Waals surface area contributed by atoms with Gasteiger partial charge in [-0.3, -0.25) is 0 Å². The van der Waals surface area contributed by atoms with Gasteiger partial charge in [-0.25, -0.2) is 0 Å². The molecule has 0 aliphatic heterocycles. The van der Waals surface area contributed by atoms with Crippen molar-refractivity contribution in [1.29, 1.82) is 0 Å². The number of hydrogen-bond donors (Lipinski definition) is 1. The first kappa shape index (κ1) is 21.7. The predicted molar refractivity (Wildman–Crippen MR) is 100 cm³/mol. The first-order valence-corrected chi connectivity index (χ1v) is 10.1. The molecule has 0 bridgehead atoms. The van der Waals surface area contributed by atoms with Crippen LogP contribution in [0.4, 0.5) is 0 Å². The first-order chi connectivity index (χ1) is 10.8. The van der Waals surface area contributed by atoms with Gasteiger partial charge in [0.15, 0.2) is 0 Å². The van der Waals surface area contributed by atoms with Crippen molar-refractivity contribution < 1.29 is 5.11 Å². The maximum atomic E-state index is 9.98. The van der Waals surface area contributed by atoms with Crippen LogP contribution in [0.2, 0.25) is 0 Å². The predicted octanol–water partition coefficient (Wildman–Crippen LogP) is 7.18. The normalized spacial score (nSPS) is 12.5. The van der Waals surface area contributed by atoms with Gasteiger partial charge in [0, 0.05) is 0 Å². The highest BCUT2D eigenvalue weighted by Gasteiger charge is 2.03. The van der Waals surface area contributed by atoms with Crippen LogP contribution in [0.1, 0.15) is 116 Å². The Hall–Kier alpha value is -0.300. The fraction of sp³-hybridized carbons (Fsp3) is 0.905. The van der Waals surface area contributed by atoms with E-state index in [1.165, 1.54) is 89.9 Å². The summed E-state index contributed by atoms with van der Waals surface area (Å²) in [6, 6.07) is 0. The number of aliphatic hydroxyl groups is 1. The zero-order valence-corrected chi connectivity index (χ0v) is 15.3. The van der Waals surface area contributed by atoms with E-state index in [9.17, 15) is 5.11 Å². The second kappa shape index (κ2) is 18.7. The molecule has 0 fully saturated rings. The Morgan fingerprint density at radius 2 is 1.09 bits per heavy atom. The van der Waals surface area contributed by atoms with Crippen LogP contribution in [0.25, 0.3) is 0 Å². The molecule has 0 saturated heterocycles. The zero-order valence-electron chi connectivity index (χ0n) is 15.3. The summed E-state index contributed by atoms with van der Waals surface area (Å²) >= 11 is 0. The minimum atomic E-state index is -0.0438. The quantitative estimate of drug-likeness (QED) is 0.210. The summed E-state index contributed by atoms with van der Waals surface area (Å²) < 4.78 is 0. The second-order valence-corrected chi connectivity index (χ2v) is 6.90. The van der Waals surface area contributed by atoms with Gasteiger partial charge >= 0.3 is 0 Å². The molecule has 0 aromatic heterocycles. The molecule has 0 spiro atoms. The van der Waals surface area contributed by atoms with Crippen molar-refractivity contribution in [3.8, 4) is 0 Å². The average molecular weight is 311 g/mol. The zero-order chi connectivity index (χ0) is 16.3. The molecule has 1 atom stereocenters. The van der Waals surface area contributed by atoms with Crippen molar-refractivity contribution in [2.75, 3.05) is 0 Å². The molecule has 0 radical (unpaired) electrons. The van der Waals surface area contributed by atoms with Crippen molar-refractivity contribution in [2.45, 2.75) is 122 Å². The van der Waals surface area contributed by atoms with Crippen LogP contribution in [0.3, 0.4) is 0 Å². The Morgan fingerprint density at radius 3 is 1.55 bits per heavy atom. The monoisotopic (exact) mass is 310 g/mol. The summed E-state index contributed by atoms with van der Waals surface area (Å²) in [5.74, 6) is 0. The van der Waals surface area contributed by atoms with E-state index in [0.29, 0.717) is 0 Å². The van der Waals surface area contributed by atoms with Crippen LogP contribution in [0.15, 0.2) is 12.7 Å². The summed E-state index contributed by atoms with van der Waals surface area (Å²) in [5.41, 5.74) is 0. The highest BCUT2D eigenvalue weighted by atomic mass is 16.3. The molecule has 0 saturated carbocycles. The van der Waals surface area contributed by atoms with E-state index < -0.39 is 0 Å². The SMILES string of the molecule is C=CCCCCCCCC(O)CCCCCCCCCCC. The molecule has 0 aromatic carbocycles. The Bertz CT molecular complexity index is 212. The van der Waals surface area contributed by atoms with E-state index in [-0.39, 0.29) is 6.10 Å². The number of aliphatic hydroxyl groups excluding tert-OH is 1. The molecule has 22 heavy (non-hydrogen) atoms. The van der Waals surface area contributed by atoms with Gasteiger partial charge in [0.1, 0.15) is 0 Å². The van der Waals surface area contributed by atoms with E-state index >= 15 is 0 Å². The van der Waals surface area contributed by atoms with Crippen molar-refractivity contribution in [3.63, 3.8) is 0 Å². The van der Waals surface area contributed by atoms with Gasteiger partial charge in [0.25, 0.3) is 0 Å². The number of hydrogen-bond acceptors (Lipinski definition) is 1. The third-order valence-corrected chi connectivity index (χ3v) is 4.59. The Balaban J connectivity index is 3.12. The maximum Gasteiger partial charge on any atom is 0.0540 e. The van der Waals surface area contributed by atoms with E-state index in [4.69, 9.17) is 0 Å². The molecule has 0 heterocycles. The van der Waals surface area contributed by atoms with Gasteiger partial charge in [-0.05, 0) is 25.7 Å². The summed E-state index contributed by atoms with van der Waals surface area (Å²) in [4.78, 5) is 0. The number of allylic oxidation sites excluding steroid dienone is 1. The maximum absolute atomic E-state index is 9.98. The lowest BCUT2D eigenvalue weighted by molar-refractivity contribution is 0.147. The minimum absolute atomic E-state index is 0.0438. The molecule has 1 nitrogen and oxygen atoms in total. The summed E-state index contributed by atoms with van der Waals surface area (Å²) in [5, 5.41) is 9.98. The Morgan fingerprint density at radius 1 is 0.682 bits per heavy atom. The number of unbranched alkanes of at least 4 members (excludes halogenated alkanes) is 13. The third-order valence-electron chi connectivity index (χ3n) is 4.59. The fourth-order valence-corrected chi connectivity index (χ4v) is 3.03. The molecule has 0 amide bonds. The molecule has 132 valence electrons. The minimum Gasteiger partial charge on any atom is -0.393 e. The van der Waals surface area contributed by atoms with Gasteiger partial charge in [0.2, 0.25) is 0 Å². The average Bonchev–Trinajstić information content (AvgIpc) is 2.52. The van der Waals surface area contributed by atoms with Crippen LogP contribution in [-0.4, -0.2) is 11.2 Å². The topological polar surface area (TPSA) is 20.2 Å². The van der Waals surface area contributed by atoms with Gasteiger partial charge in [-0.1, -0.05) is 96.5 Å². The molecule has 1 heteroatoms. The summed E-state index contributed by atoms with van der Waals surface area (Å²) in [6.07, 6.45) is 23.8. The van der Waals surface area contributed by atoms with Crippen molar-refractivity contribution in [3.05, 3.63) is 12.7 Å². The van der Waals surface area contributed by atoms with Crippen LogP contribution >= 0.6 is 0 Å². The highest BCUT2D eigenvalue weighted by molar-refractivity contribution is 4.65. The molecule has 0 rings (SSSR count). The lowest BCUT2D eigenvalue weighted by Crippen LogP contribution is -2.05. The third kappa shape index (κ3) is 17.8. The highest BCUT2D eigenvalue weighted by Crippen LogP contribution is 2.14. The fourth-order valence-electron chi connectivity index (χ4n) is 3.03. The van der Waals surface area contributed by atoms with Crippen LogP contribution in [0, 0.1) is 0 Å². The van der Waals surface area contributed by atoms with Gasteiger partial charge in [-0.15, -0.1) is 6.58 Å². The lowest BCUT2D eigenvalue weighted by Gasteiger charge is -2.10. The van der Waals surface area contributed by atoms with Crippen LogP contribution < -0.4 is 0 Å². The molecule has 1 unspecified atom stereocenters. The molecule has 0 aliphatic carbocycles. The van der Waals surface area contributed by atoms with Crippen molar-refractivity contribution in [2.24, 2.45) is 0 Å². The summed E-state index contributed by atoms with van der Waals surface area (Å²) in [6.45, 7) is 6.02. The standard InChI is InChI=1S/C21H42O/c1-3-5-7-9-11-12-14-16-18-20-21(22)19-17-15-13-10-8-6-4-2/h4,21-22H,2-3,5-20H2,1H3. The molecule has 1 N–H and O–H groups in total. The van der Waals surface area contributed by atoms with Gasteiger partial charge < -0.3 is 5.11 Å².